The summed E-state index contributed by atoms with van der Waals surface area (Å²) in [5.41, 5.74) is 2.90. The predicted octanol–water partition coefficient (Wildman–Crippen LogP) is 6.64. The molecule has 3 aromatic rings. The maximum Gasteiger partial charge on any atom is 0.415 e. The van der Waals surface area contributed by atoms with Gasteiger partial charge in [-0.15, -0.1) is 22.7 Å². The number of carbonyl (C=O) groups excluding carboxylic acids is 2. The van der Waals surface area contributed by atoms with Gasteiger partial charge in [0.25, 0.3) is 0 Å². The molecule has 0 saturated heterocycles. The van der Waals surface area contributed by atoms with Crippen molar-refractivity contribution in [2.45, 2.75) is 53.7 Å². The van der Waals surface area contributed by atoms with Crippen molar-refractivity contribution in [2.75, 3.05) is 12.0 Å². The van der Waals surface area contributed by atoms with Crippen LogP contribution in [0.5, 0.6) is 5.75 Å². The molecule has 0 aliphatic heterocycles. The zero-order chi connectivity index (χ0) is 23.6. The molecule has 3 rings (SSSR count). The molecule has 0 aromatic carbocycles. The fourth-order valence-electron chi connectivity index (χ4n) is 3.21. The zero-order valence-electron chi connectivity index (χ0n) is 19.4. The minimum absolute atomic E-state index is 0.0435. The summed E-state index contributed by atoms with van der Waals surface area (Å²) < 4.78 is 11.2. The lowest BCUT2D eigenvalue weighted by molar-refractivity contribution is 0.0578. The largest absolute Gasteiger partial charge is 0.496 e. The zero-order valence-corrected chi connectivity index (χ0v) is 21.1. The van der Waals surface area contributed by atoms with E-state index in [1.165, 1.54) is 22.7 Å². The Balaban J connectivity index is 1.98. The molecule has 0 saturated carbocycles. The van der Waals surface area contributed by atoms with E-state index in [4.69, 9.17) is 9.47 Å². The molecular formula is C24H28N2O4S2. The molecule has 3 aromatic heterocycles. The molecule has 3 heterocycles. The number of thiophene rings is 2. The molecule has 8 heteroatoms. The number of pyridine rings is 1. The molecule has 1 amide bonds. The molecule has 0 N–H and O–H groups in total. The molecule has 0 unspecified atom stereocenters. The van der Waals surface area contributed by atoms with E-state index < -0.39 is 11.7 Å². The summed E-state index contributed by atoms with van der Waals surface area (Å²) in [6, 6.07) is 5.71. The van der Waals surface area contributed by atoms with Crippen molar-refractivity contribution in [3.63, 3.8) is 0 Å². The van der Waals surface area contributed by atoms with Crippen molar-refractivity contribution in [1.29, 1.82) is 0 Å². The Morgan fingerprint density at radius 2 is 1.91 bits per heavy atom. The van der Waals surface area contributed by atoms with E-state index in [1.807, 2.05) is 58.2 Å². The van der Waals surface area contributed by atoms with Gasteiger partial charge in [0.05, 0.1) is 24.2 Å². The van der Waals surface area contributed by atoms with Crippen LogP contribution in [-0.2, 0) is 11.3 Å². The Bertz CT molecular complexity index is 1140. The van der Waals surface area contributed by atoms with Crippen LogP contribution in [-0.4, -0.2) is 29.6 Å². The van der Waals surface area contributed by atoms with Crippen molar-refractivity contribution in [3.8, 4) is 16.2 Å². The molecule has 32 heavy (non-hydrogen) atoms. The first-order chi connectivity index (χ1) is 15.0. The molecule has 0 bridgehead atoms. The number of aromatic nitrogens is 1. The topological polar surface area (TPSA) is 68.7 Å². The van der Waals surface area contributed by atoms with E-state index in [1.54, 1.807) is 25.1 Å². The highest BCUT2D eigenvalue weighted by atomic mass is 32.1. The van der Waals surface area contributed by atoms with E-state index in [0.717, 1.165) is 38.0 Å². The molecule has 170 valence electrons. The molecule has 0 atom stereocenters. The fourth-order valence-corrected chi connectivity index (χ4v) is 5.07. The van der Waals surface area contributed by atoms with Crippen LogP contribution in [0, 0.1) is 13.8 Å². The molecule has 0 fully saturated rings. The number of anilines is 1. The Morgan fingerprint density at radius 3 is 2.50 bits per heavy atom. The van der Waals surface area contributed by atoms with Crippen molar-refractivity contribution in [1.82, 2.24) is 4.98 Å². The van der Waals surface area contributed by atoms with Gasteiger partial charge in [-0.25, -0.2) is 4.79 Å². The first kappa shape index (κ1) is 23.9. The van der Waals surface area contributed by atoms with Gasteiger partial charge in [0.15, 0.2) is 5.78 Å². The van der Waals surface area contributed by atoms with Crippen molar-refractivity contribution >= 4 is 39.6 Å². The van der Waals surface area contributed by atoms with Gasteiger partial charge in [-0.1, -0.05) is 0 Å². The van der Waals surface area contributed by atoms with Gasteiger partial charge in [-0.2, -0.15) is 0 Å². The number of rotatable bonds is 6. The highest BCUT2D eigenvalue weighted by molar-refractivity contribution is 7.18. The first-order valence-electron chi connectivity index (χ1n) is 10.2. The van der Waals surface area contributed by atoms with Gasteiger partial charge in [0.2, 0.25) is 0 Å². The van der Waals surface area contributed by atoms with Crippen LogP contribution in [0.4, 0.5) is 9.80 Å². The second-order valence-electron chi connectivity index (χ2n) is 8.51. The summed E-state index contributed by atoms with van der Waals surface area (Å²) in [5, 5.41) is 2.73. The second kappa shape index (κ2) is 9.42. The number of carbonyl (C=O) groups is 2. The van der Waals surface area contributed by atoms with Gasteiger partial charge >= 0.3 is 6.09 Å². The number of amides is 1. The molecule has 0 aliphatic carbocycles. The SMILES string of the molecule is COc1c(C)cnc(CN(C(=O)OC(C)(C)C)c2cc(-c3ccc(C(C)=O)s3)cs2)c1C. The van der Waals surface area contributed by atoms with Crippen molar-refractivity contribution in [2.24, 2.45) is 0 Å². The van der Waals surface area contributed by atoms with Crippen molar-refractivity contribution in [3.05, 3.63) is 51.5 Å². The van der Waals surface area contributed by atoms with E-state index in [2.05, 4.69) is 4.98 Å². The Morgan fingerprint density at radius 1 is 1.19 bits per heavy atom. The number of methoxy groups -OCH3 is 1. The first-order valence-corrected chi connectivity index (χ1v) is 11.9. The quantitative estimate of drug-likeness (QED) is 0.376. The Labute approximate surface area is 196 Å². The second-order valence-corrected chi connectivity index (χ2v) is 10.5. The number of ether oxygens (including phenoxy) is 2. The number of nitrogens with zero attached hydrogens (tertiary/aromatic N) is 2. The van der Waals surface area contributed by atoms with Crippen LogP contribution in [0.15, 0.2) is 29.8 Å². The van der Waals surface area contributed by atoms with E-state index in [0.29, 0.717) is 4.88 Å². The normalized spacial score (nSPS) is 11.3. The highest BCUT2D eigenvalue weighted by Crippen LogP contribution is 2.37. The van der Waals surface area contributed by atoms with Gasteiger partial charge in [0.1, 0.15) is 16.4 Å². The third-order valence-corrected chi connectivity index (χ3v) is 6.95. The maximum absolute atomic E-state index is 13.1. The molecule has 6 nitrogen and oxygen atoms in total. The fraction of sp³-hybridized carbons (Fsp3) is 0.375. The van der Waals surface area contributed by atoms with Crippen LogP contribution >= 0.6 is 22.7 Å². The average Bonchev–Trinajstić information content (AvgIpc) is 3.36. The lowest BCUT2D eigenvalue weighted by Crippen LogP contribution is -2.36. The van der Waals surface area contributed by atoms with Crippen LogP contribution in [0.3, 0.4) is 0 Å². The average molecular weight is 473 g/mol. The number of ketones is 1. The highest BCUT2D eigenvalue weighted by Gasteiger charge is 2.26. The Kier molecular flexibility index (Phi) is 7.05. The minimum atomic E-state index is -0.632. The predicted molar refractivity (Wildman–Crippen MR) is 130 cm³/mol. The number of Topliss-reactive ketones (excluding diaryl/α,β-unsaturated/α-hetero) is 1. The van der Waals surface area contributed by atoms with Crippen molar-refractivity contribution < 1.29 is 19.1 Å². The summed E-state index contributed by atoms with van der Waals surface area (Å²) in [4.78, 5) is 32.7. The van der Waals surface area contributed by atoms with E-state index in [9.17, 15) is 9.59 Å². The van der Waals surface area contributed by atoms with Gasteiger partial charge in [-0.05, 0) is 59.7 Å². The Hall–Kier alpha value is -2.71. The monoisotopic (exact) mass is 472 g/mol. The minimum Gasteiger partial charge on any atom is -0.496 e. The summed E-state index contributed by atoms with van der Waals surface area (Å²) in [7, 11) is 1.63. The van der Waals surface area contributed by atoms with Gasteiger partial charge < -0.3 is 9.47 Å². The van der Waals surface area contributed by atoms with Crippen LogP contribution in [0.25, 0.3) is 10.4 Å². The smallest absolute Gasteiger partial charge is 0.415 e. The van der Waals surface area contributed by atoms with Crippen LogP contribution in [0.1, 0.15) is 54.2 Å². The summed E-state index contributed by atoms with van der Waals surface area (Å²) in [6.07, 6.45) is 1.31. The summed E-state index contributed by atoms with van der Waals surface area (Å²) in [5.74, 6) is 0.809. The van der Waals surface area contributed by atoms with E-state index in [-0.39, 0.29) is 12.3 Å². The molecule has 0 radical (unpaired) electrons. The third kappa shape index (κ3) is 5.37. The number of hydrogen-bond acceptors (Lipinski definition) is 7. The summed E-state index contributed by atoms with van der Waals surface area (Å²) in [6.45, 7) is 11.2. The number of hydrogen-bond donors (Lipinski definition) is 0. The maximum atomic E-state index is 13.1. The summed E-state index contributed by atoms with van der Waals surface area (Å²) >= 11 is 2.89. The van der Waals surface area contributed by atoms with Crippen LogP contribution < -0.4 is 9.64 Å². The molecule has 0 aliphatic rings. The lowest BCUT2D eigenvalue weighted by atomic mass is 10.1. The van der Waals surface area contributed by atoms with Gasteiger partial charge in [-0.3, -0.25) is 14.7 Å². The standard InChI is InChI=1S/C24H28N2O4S2/c1-14-11-25-18(15(2)22(14)29-7)12-26(23(28)30-24(4,5)6)21-10-17(13-31-21)20-9-8-19(32-20)16(3)27/h8-11,13H,12H2,1-7H3. The number of aryl methyl sites for hydroxylation is 1. The molecule has 0 spiro atoms. The van der Waals surface area contributed by atoms with Crippen LogP contribution in [0.2, 0.25) is 0 Å². The third-order valence-electron chi connectivity index (χ3n) is 4.76. The lowest BCUT2D eigenvalue weighted by Gasteiger charge is -2.27. The molecular weight excluding hydrogens is 444 g/mol. The van der Waals surface area contributed by atoms with E-state index >= 15 is 0 Å². The van der Waals surface area contributed by atoms with Gasteiger partial charge in [0, 0.05) is 33.1 Å².